The van der Waals surface area contributed by atoms with E-state index in [0.29, 0.717) is 11.5 Å². The van der Waals surface area contributed by atoms with E-state index in [-0.39, 0.29) is 17.1 Å². The summed E-state index contributed by atoms with van der Waals surface area (Å²) in [6.45, 7) is 4.02. The van der Waals surface area contributed by atoms with Crippen LogP contribution in [0.5, 0.6) is 0 Å². The number of hydrogen-bond acceptors (Lipinski definition) is 6. The number of fused-ring (bicyclic) bond motifs is 1. The summed E-state index contributed by atoms with van der Waals surface area (Å²) >= 11 is 1.24. The topological polar surface area (TPSA) is 94.8 Å². The van der Waals surface area contributed by atoms with Gasteiger partial charge in [0.2, 0.25) is 0 Å². The van der Waals surface area contributed by atoms with E-state index in [1.807, 2.05) is 18.2 Å². The Balaban J connectivity index is 1.96. The molecule has 0 aliphatic rings. The van der Waals surface area contributed by atoms with E-state index in [1.54, 1.807) is 34.9 Å². The first-order valence-electron chi connectivity index (χ1n) is 9.70. The number of carbonyl (C=O) groups excluding carboxylic acids is 2. The summed E-state index contributed by atoms with van der Waals surface area (Å²) in [6, 6.07) is 14.5. The first kappa shape index (κ1) is 22.9. The number of benzene rings is 2. The van der Waals surface area contributed by atoms with Gasteiger partial charge in [-0.15, -0.1) is 0 Å². The average molecular weight is 461 g/mol. The molecule has 3 rings (SSSR count). The molecule has 1 aromatic heterocycles. The minimum atomic E-state index is -3.68. The lowest BCUT2D eigenvalue weighted by Crippen LogP contribution is -2.24. The molecule has 0 spiro atoms. The minimum Gasteiger partial charge on any atom is -0.468 e. The van der Waals surface area contributed by atoms with E-state index < -0.39 is 27.5 Å². The maximum atomic E-state index is 12.5. The van der Waals surface area contributed by atoms with Crippen molar-refractivity contribution in [3.8, 4) is 0 Å². The number of sulfone groups is 1. The molecular weight excluding hydrogens is 436 g/mol. The van der Waals surface area contributed by atoms with Crippen molar-refractivity contribution in [2.45, 2.75) is 32.1 Å². The fourth-order valence-corrected chi connectivity index (χ4v) is 5.43. The third kappa shape index (κ3) is 5.89. The first-order chi connectivity index (χ1) is 14.7. The molecule has 0 aliphatic carbocycles. The van der Waals surface area contributed by atoms with Crippen LogP contribution in [0.1, 0.15) is 30.9 Å². The van der Waals surface area contributed by atoms with Gasteiger partial charge >= 0.3 is 5.97 Å². The zero-order valence-electron chi connectivity index (χ0n) is 17.6. The summed E-state index contributed by atoms with van der Waals surface area (Å²) in [5.41, 5.74) is 2.46. The number of ether oxygens (including phenoxy) is 1. The molecule has 1 heterocycles. The minimum absolute atomic E-state index is 0.125. The molecule has 0 saturated heterocycles. The summed E-state index contributed by atoms with van der Waals surface area (Å²) < 4.78 is 32.1. The van der Waals surface area contributed by atoms with Crippen LogP contribution in [0.3, 0.4) is 0 Å². The smallest absolute Gasteiger partial charge is 0.325 e. The Morgan fingerprint density at radius 1 is 1.13 bits per heavy atom. The standard InChI is InChI=1S/C22H24N2O5S2/c1-15(2)17-9-10-18-19(11-17)30-22(24(18)12-21(26)29-3)23-20(25)14-31(27,28)13-16-7-5-4-6-8-16/h4-11,15H,12-14H2,1-3H3. The van der Waals surface area contributed by atoms with Gasteiger partial charge in [-0.25, -0.2) is 8.42 Å². The molecule has 0 unspecified atom stereocenters. The number of hydrogen-bond donors (Lipinski definition) is 0. The highest BCUT2D eigenvalue weighted by atomic mass is 32.2. The van der Waals surface area contributed by atoms with Crippen LogP contribution in [-0.2, 0) is 36.5 Å². The molecule has 9 heteroatoms. The average Bonchev–Trinajstić information content (AvgIpc) is 3.03. The van der Waals surface area contributed by atoms with Gasteiger partial charge in [-0.2, -0.15) is 4.99 Å². The third-order valence-electron chi connectivity index (χ3n) is 4.68. The lowest BCUT2D eigenvalue weighted by atomic mass is 10.0. The second-order valence-corrected chi connectivity index (χ2v) is 10.5. The summed E-state index contributed by atoms with van der Waals surface area (Å²) in [5.74, 6) is -1.89. The Morgan fingerprint density at radius 3 is 2.48 bits per heavy atom. The molecular formula is C22H24N2O5S2. The Morgan fingerprint density at radius 2 is 1.84 bits per heavy atom. The van der Waals surface area contributed by atoms with E-state index >= 15 is 0 Å². The number of rotatable bonds is 7. The highest BCUT2D eigenvalue weighted by molar-refractivity contribution is 7.91. The van der Waals surface area contributed by atoms with Crippen molar-refractivity contribution in [1.29, 1.82) is 0 Å². The lowest BCUT2D eigenvalue weighted by molar-refractivity contribution is -0.141. The van der Waals surface area contributed by atoms with Crippen LogP contribution in [0, 0.1) is 0 Å². The van der Waals surface area contributed by atoms with Crippen LogP contribution in [0.15, 0.2) is 53.5 Å². The normalized spacial score (nSPS) is 12.5. The Kier molecular flexibility index (Phi) is 7.07. The molecule has 31 heavy (non-hydrogen) atoms. The van der Waals surface area contributed by atoms with Gasteiger partial charge in [0.1, 0.15) is 12.3 Å². The van der Waals surface area contributed by atoms with Gasteiger partial charge in [0, 0.05) is 0 Å². The van der Waals surface area contributed by atoms with Crippen LogP contribution in [0.4, 0.5) is 0 Å². The van der Waals surface area contributed by atoms with Crippen molar-refractivity contribution >= 4 is 43.3 Å². The second kappa shape index (κ2) is 9.57. The molecule has 164 valence electrons. The second-order valence-electron chi connectivity index (χ2n) is 7.45. The van der Waals surface area contributed by atoms with E-state index in [9.17, 15) is 18.0 Å². The van der Waals surface area contributed by atoms with Crippen LogP contribution in [0.25, 0.3) is 10.2 Å². The van der Waals surface area contributed by atoms with Crippen molar-refractivity contribution in [2.24, 2.45) is 4.99 Å². The molecule has 0 radical (unpaired) electrons. The Labute approximate surface area is 184 Å². The van der Waals surface area contributed by atoms with Gasteiger partial charge in [-0.05, 0) is 29.2 Å². The number of amides is 1. The van der Waals surface area contributed by atoms with Crippen LogP contribution >= 0.6 is 11.3 Å². The van der Waals surface area contributed by atoms with Gasteiger partial charge < -0.3 is 9.30 Å². The fraction of sp³-hybridized carbons (Fsp3) is 0.318. The number of carbonyl (C=O) groups is 2. The van der Waals surface area contributed by atoms with Gasteiger partial charge in [0.25, 0.3) is 5.91 Å². The molecule has 3 aromatic rings. The maximum absolute atomic E-state index is 12.5. The molecule has 7 nitrogen and oxygen atoms in total. The zero-order chi connectivity index (χ0) is 22.6. The van der Waals surface area contributed by atoms with Gasteiger partial charge in [-0.1, -0.05) is 61.6 Å². The van der Waals surface area contributed by atoms with Crippen LogP contribution in [-0.4, -0.2) is 37.7 Å². The predicted molar refractivity (Wildman–Crippen MR) is 120 cm³/mol. The van der Waals surface area contributed by atoms with E-state index in [4.69, 9.17) is 4.74 Å². The molecule has 0 bridgehead atoms. The van der Waals surface area contributed by atoms with Crippen LogP contribution < -0.4 is 4.80 Å². The largest absolute Gasteiger partial charge is 0.468 e. The number of methoxy groups -OCH3 is 1. The quantitative estimate of drug-likeness (QED) is 0.505. The number of aromatic nitrogens is 1. The molecule has 0 N–H and O–H groups in total. The van der Waals surface area contributed by atoms with E-state index in [0.717, 1.165) is 15.8 Å². The Hall–Kier alpha value is -2.78. The molecule has 0 atom stereocenters. The zero-order valence-corrected chi connectivity index (χ0v) is 19.2. The van der Waals surface area contributed by atoms with Crippen molar-refractivity contribution < 1.29 is 22.7 Å². The Bertz CT molecular complexity index is 1270. The fourth-order valence-electron chi connectivity index (χ4n) is 3.09. The third-order valence-corrected chi connectivity index (χ3v) is 7.18. The van der Waals surface area contributed by atoms with E-state index in [2.05, 4.69) is 18.8 Å². The van der Waals surface area contributed by atoms with Crippen molar-refractivity contribution in [3.05, 3.63) is 64.5 Å². The van der Waals surface area contributed by atoms with Crippen LogP contribution in [0.2, 0.25) is 0 Å². The highest BCUT2D eigenvalue weighted by Gasteiger charge is 2.18. The molecule has 1 amide bonds. The number of nitrogens with zero attached hydrogens (tertiary/aromatic N) is 2. The summed E-state index contributed by atoms with van der Waals surface area (Å²) in [4.78, 5) is 28.7. The van der Waals surface area contributed by atoms with Crippen molar-refractivity contribution in [3.63, 3.8) is 0 Å². The molecule has 0 fully saturated rings. The first-order valence-corrected chi connectivity index (χ1v) is 12.3. The predicted octanol–water partition coefficient (Wildman–Crippen LogP) is 3.04. The lowest BCUT2D eigenvalue weighted by Gasteiger charge is -2.06. The summed E-state index contributed by atoms with van der Waals surface area (Å²) in [5, 5.41) is 0. The molecule has 0 aliphatic heterocycles. The number of esters is 1. The van der Waals surface area contributed by atoms with Crippen molar-refractivity contribution in [1.82, 2.24) is 4.57 Å². The highest BCUT2D eigenvalue weighted by Crippen LogP contribution is 2.23. The van der Waals surface area contributed by atoms with Gasteiger partial charge in [-0.3, -0.25) is 9.59 Å². The summed E-state index contributed by atoms with van der Waals surface area (Å²) in [7, 11) is -2.40. The monoisotopic (exact) mass is 460 g/mol. The summed E-state index contributed by atoms with van der Waals surface area (Å²) in [6.07, 6.45) is 0. The van der Waals surface area contributed by atoms with Gasteiger partial charge in [0.15, 0.2) is 14.6 Å². The van der Waals surface area contributed by atoms with Crippen molar-refractivity contribution in [2.75, 3.05) is 12.9 Å². The SMILES string of the molecule is COC(=O)Cn1c(=NC(=O)CS(=O)(=O)Cc2ccccc2)sc2cc(C(C)C)ccc21. The van der Waals surface area contributed by atoms with Gasteiger partial charge in [0.05, 0.1) is 23.1 Å². The molecule has 0 saturated carbocycles. The maximum Gasteiger partial charge on any atom is 0.325 e. The van der Waals surface area contributed by atoms with E-state index in [1.165, 1.54) is 18.4 Å². The number of thiazole rings is 1. The molecule has 2 aromatic carbocycles.